The van der Waals surface area contributed by atoms with E-state index >= 15 is 0 Å². The van der Waals surface area contributed by atoms with Gasteiger partial charge in [0.1, 0.15) is 0 Å². The molecular weight excluding hydrogens is 142 g/mol. The molecule has 0 fully saturated rings. The summed E-state index contributed by atoms with van der Waals surface area (Å²) in [7, 11) is 0. The molecule has 1 aliphatic heterocycles. The van der Waals surface area contributed by atoms with Gasteiger partial charge in [-0.1, -0.05) is 0 Å². The highest BCUT2D eigenvalue weighted by molar-refractivity contribution is 7.11. The van der Waals surface area contributed by atoms with Gasteiger partial charge in [-0.15, -0.1) is 11.3 Å². The number of allylic oxidation sites excluding steroid dienone is 2. The Morgan fingerprint density at radius 2 is 2.50 bits per heavy atom. The second-order valence-corrected chi connectivity index (χ2v) is 2.83. The number of hydrogen-bond acceptors (Lipinski definition) is 1. The molecule has 0 amide bonds. The zero-order valence-corrected chi connectivity index (χ0v) is 6.06. The van der Waals surface area contributed by atoms with E-state index in [4.69, 9.17) is 0 Å². The molecule has 2 heterocycles. The lowest BCUT2D eigenvalue weighted by molar-refractivity contribution is 1.24. The van der Waals surface area contributed by atoms with Crippen LogP contribution in [0.2, 0.25) is 0 Å². The fraction of sp³-hybridized carbons (Fsp3) is 0. The third kappa shape index (κ3) is 0.866. The highest BCUT2D eigenvalue weighted by atomic mass is 32.1. The standard InChI is InChI=1S/C8H5NS/c1-3-7(9-5-1)8-4-2-6-10-8/h1-3,5-6H. The van der Waals surface area contributed by atoms with Crippen molar-refractivity contribution in [2.75, 3.05) is 0 Å². The normalized spacial score (nSPS) is 15.0. The van der Waals surface area contributed by atoms with Crippen molar-refractivity contribution in [2.45, 2.75) is 0 Å². The number of nitrogens with zero attached hydrogens (tertiary/aromatic N) is 1. The third-order valence-corrected chi connectivity index (χ3v) is 2.09. The summed E-state index contributed by atoms with van der Waals surface area (Å²) in [6.07, 6.45) is 5.72. The summed E-state index contributed by atoms with van der Waals surface area (Å²) < 4.78 is 0. The maximum Gasteiger partial charge on any atom is 0.0808 e. The van der Waals surface area contributed by atoms with Crippen LogP contribution in [0, 0.1) is 6.07 Å². The van der Waals surface area contributed by atoms with Gasteiger partial charge in [0.15, 0.2) is 0 Å². The molecule has 0 bridgehead atoms. The predicted octanol–water partition coefficient (Wildman–Crippen LogP) is 2.02. The maximum absolute atomic E-state index is 4.14. The topological polar surface area (TPSA) is 14.1 Å². The van der Waals surface area contributed by atoms with Crippen LogP contribution in [0.25, 0.3) is 5.70 Å². The van der Waals surface area contributed by atoms with Gasteiger partial charge >= 0.3 is 0 Å². The molecule has 1 aliphatic rings. The Morgan fingerprint density at radius 1 is 1.50 bits per heavy atom. The van der Waals surface area contributed by atoms with E-state index in [2.05, 4.69) is 11.4 Å². The lowest BCUT2D eigenvalue weighted by atomic mass is 10.3. The van der Waals surface area contributed by atoms with Crippen LogP contribution in [0.15, 0.2) is 29.8 Å². The summed E-state index contributed by atoms with van der Waals surface area (Å²) in [5.41, 5.74) is 1.02. The molecule has 2 radical (unpaired) electrons. The molecule has 0 atom stereocenters. The van der Waals surface area contributed by atoms with Crippen LogP contribution >= 0.6 is 11.3 Å². The highest BCUT2D eigenvalue weighted by Crippen LogP contribution is 2.20. The van der Waals surface area contributed by atoms with Gasteiger partial charge in [-0.25, -0.2) is 0 Å². The Labute approximate surface area is 63.7 Å². The summed E-state index contributed by atoms with van der Waals surface area (Å²) in [6, 6.07) is 5.01. The molecule has 0 aromatic carbocycles. The van der Waals surface area contributed by atoms with Crippen LogP contribution in [-0.4, -0.2) is 0 Å². The average Bonchev–Trinajstić information content (AvgIpc) is 2.59. The second-order valence-electron chi connectivity index (χ2n) is 1.92. The minimum atomic E-state index is 1.02. The molecule has 0 saturated heterocycles. The molecule has 2 rings (SSSR count). The second kappa shape index (κ2) is 2.31. The van der Waals surface area contributed by atoms with Crippen molar-refractivity contribution in [2.24, 2.45) is 0 Å². The van der Waals surface area contributed by atoms with Gasteiger partial charge in [0, 0.05) is 12.3 Å². The lowest BCUT2D eigenvalue weighted by Gasteiger charge is -1.92. The molecule has 10 heavy (non-hydrogen) atoms. The van der Waals surface area contributed by atoms with Crippen molar-refractivity contribution in [1.29, 1.82) is 0 Å². The van der Waals surface area contributed by atoms with Gasteiger partial charge in [0.05, 0.1) is 10.6 Å². The first-order chi connectivity index (χ1) is 4.97. The first-order valence-electron chi connectivity index (χ1n) is 3.00. The van der Waals surface area contributed by atoms with Crippen LogP contribution in [0.5, 0.6) is 0 Å². The lowest BCUT2D eigenvalue weighted by Crippen LogP contribution is -1.87. The first-order valence-corrected chi connectivity index (χ1v) is 3.88. The quantitative estimate of drug-likeness (QED) is 0.577. The molecular formula is C8H5NS. The summed E-state index contributed by atoms with van der Waals surface area (Å²) in [5, 5.41) is 6.14. The van der Waals surface area contributed by atoms with Crippen LogP contribution in [-0.2, 0) is 0 Å². The van der Waals surface area contributed by atoms with Gasteiger partial charge < -0.3 is 0 Å². The molecule has 1 aromatic rings. The fourth-order valence-electron chi connectivity index (χ4n) is 0.815. The van der Waals surface area contributed by atoms with E-state index in [1.165, 1.54) is 0 Å². The highest BCUT2D eigenvalue weighted by Gasteiger charge is 2.03. The smallest absolute Gasteiger partial charge is 0.0808 e. The molecule has 1 aromatic heterocycles. The predicted molar refractivity (Wildman–Crippen MR) is 42.4 cm³/mol. The Balaban J connectivity index is 2.30. The largest absolute Gasteiger partial charge is 0.255 e. The molecule has 0 unspecified atom stereocenters. The van der Waals surface area contributed by atoms with Crippen LogP contribution in [0.1, 0.15) is 4.88 Å². The van der Waals surface area contributed by atoms with E-state index in [0.29, 0.717) is 0 Å². The summed E-state index contributed by atoms with van der Waals surface area (Å²) in [6.45, 7) is 0. The van der Waals surface area contributed by atoms with Crippen LogP contribution < -0.4 is 5.32 Å². The molecule has 0 N–H and O–H groups in total. The van der Waals surface area contributed by atoms with Gasteiger partial charge in [-0.2, -0.15) is 0 Å². The summed E-state index contributed by atoms with van der Waals surface area (Å²) >= 11 is 1.66. The van der Waals surface area contributed by atoms with Crippen molar-refractivity contribution in [1.82, 2.24) is 5.32 Å². The van der Waals surface area contributed by atoms with E-state index < -0.39 is 0 Å². The Bertz CT molecular complexity index is 269. The van der Waals surface area contributed by atoms with Crippen molar-refractivity contribution in [3.8, 4) is 0 Å². The molecule has 0 aliphatic carbocycles. The molecule has 1 nitrogen and oxygen atoms in total. The van der Waals surface area contributed by atoms with E-state index in [0.717, 1.165) is 10.6 Å². The maximum atomic E-state index is 4.14. The summed E-state index contributed by atoms with van der Waals surface area (Å²) in [5.74, 6) is 0. The fourth-order valence-corrected chi connectivity index (χ4v) is 1.46. The van der Waals surface area contributed by atoms with Gasteiger partial charge in [0.2, 0.25) is 0 Å². The first kappa shape index (κ1) is 5.74. The van der Waals surface area contributed by atoms with E-state index in [1.807, 2.05) is 23.6 Å². The zero-order chi connectivity index (χ0) is 6.81. The van der Waals surface area contributed by atoms with Crippen molar-refractivity contribution in [3.05, 3.63) is 40.7 Å². The molecule has 48 valence electrons. The Morgan fingerprint density at radius 3 is 3.10 bits per heavy atom. The minimum absolute atomic E-state index is 1.02. The monoisotopic (exact) mass is 147 g/mol. The molecule has 0 saturated carbocycles. The van der Waals surface area contributed by atoms with Crippen molar-refractivity contribution < 1.29 is 0 Å². The minimum Gasteiger partial charge on any atom is -0.255 e. The molecule has 2 heteroatoms. The summed E-state index contributed by atoms with van der Waals surface area (Å²) in [4.78, 5) is 1.12. The van der Waals surface area contributed by atoms with Gasteiger partial charge in [-0.3, -0.25) is 5.32 Å². The average molecular weight is 147 g/mol. The van der Waals surface area contributed by atoms with Gasteiger partial charge in [0.25, 0.3) is 0 Å². The number of rotatable bonds is 1. The number of thiophene rings is 1. The zero-order valence-electron chi connectivity index (χ0n) is 5.24. The third-order valence-electron chi connectivity index (χ3n) is 1.25. The number of hydrogen-bond donors (Lipinski definition) is 0. The molecule has 0 spiro atoms. The van der Waals surface area contributed by atoms with E-state index in [-0.39, 0.29) is 0 Å². The van der Waals surface area contributed by atoms with Crippen LogP contribution in [0.3, 0.4) is 0 Å². The Hall–Kier alpha value is -1.02. The van der Waals surface area contributed by atoms with Gasteiger partial charge in [-0.05, 0) is 23.6 Å². The van der Waals surface area contributed by atoms with E-state index in [9.17, 15) is 0 Å². The van der Waals surface area contributed by atoms with Crippen molar-refractivity contribution >= 4 is 17.0 Å². The van der Waals surface area contributed by atoms with E-state index in [1.54, 1.807) is 17.5 Å². The Kier molecular flexibility index (Phi) is 1.32. The van der Waals surface area contributed by atoms with Crippen molar-refractivity contribution in [3.63, 3.8) is 0 Å². The SMILES string of the molecule is [c]1ccsc1C1=CC=C[N]1. The van der Waals surface area contributed by atoms with Crippen LogP contribution in [0.4, 0.5) is 0 Å².